The molecule has 1 saturated heterocycles. The normalized spacial score (nSPS) is 14.9. The van der Waals surface area contributed by atoms with Gasteiger partial charge in [-0.25, -0.2) is 14.6 Å². The fourth-order valence-corrected chi connectivity index (χ4v) is 3.13. The van der Waals surface area contributed by atoms with Crippen molar-refractivity contribution in [2.45, 2.75) is 0 Å². The first kappa shape index (κ1) is 18.1. The fourth-order valence-electron chi connectivity index (χ4n) is 3.13. The second-order valence-corrected chi connectivity index (χ2v) is 6.69. The largest absolute Gasteiger partial charge is 0.481 e. The van der Waals surface area contributed by atoms with Crippen LogP contribution in [0.25, 0.3) is 17.1 Å². The number of benzene rings is 1. The zero-order chi connectivity index (χ0) is 19.5. The van der Waals surface area contributed by atoms with E-state index in [0.717, 1.165) is 18.7 Å². The highest BCUT2D eigenvalue weighted by Crippen LogP contribution is 2.22. The van der Waals surface area contributed by atoms with Crippen LogP contribution in [0.5, 0.6) is 5.88 Å². The number of aromatic nitrogens is 4. The lowest BCUT2D eigenvalue weighted by atomic mass is 10.2. The Morgan fingerprint density at radius 2 is 1.79 bits per heavy atom. The molecule has 144 valence electrons. The van der Waals surface area contributed by atoms with Gasteiger partial charge in [0.1, 0.15) is 0 Å². The minimum atomic E-state index is -0.148. The van der Waals surface area contributed by atoms with Crippen molar-refractivity contribution in [1.29, 1.82) is 0 Å². The number of pyridine rings is 1. The number of ether oxygens (including phenoxy) is 1. The van der Waals surface area contributed by atoms with Gasteiger partial charge in [0, 0.05) is 37.8 Å². The van der Waals surface area contributed by atoms with Gasteiger partial charge in [-0.2, -0.15) is 0 Å². The molecule has 0 radical (unpaired) electrons. The van der Waals surface area contributed by atoms with E-state index in [1.54, 1.807) is 29.0 Å². The zero-order valence-electron chi connectivity index (χ0n) is 15.9. The third kappa shape index (κ3) is 3.59. The maximum Gasteiger partial charge on any atom is 0.293 e. The van der Waals surface area contributed by atoms with Crippen LogP contribution >= 0.6 is 0 Å². The van der Waals surface area contributed by atoms with Gasteiger partial charge >= 0.3 is 0 Å². The summed E-state index contributed by atoms with van der Waals surface area (Å²) in [7, 11) is 3.62. The average molecular weight is 378 g/mol. The quantitative estimate of drug-likeness (QED) is 0.688. The predicted molar refractivity (Wildman–Crippen MR) is 105 cm³/mol. The van der Waals surface area contributed by atoms with Gasteiger partial charge in [0.25, 0.3) is 5.91 Å². The fraction of sp³-hybridized carbons (Fsp3) is 0.300. The monoisotopic (exact) mass is 378 g/mol. The van der Waals surface area contributed by atoms with Gasteiger partial charge in [0.05, 0.1) is 19.0 Å². The Bertz CT molecular complexity index is 947. The molecule has 1 fully saturated rings. The van der Waals surface area contributed by atoms with Gasteiger partial charge < -0.3 is 14.5 Å². The standard InChI is InChI=1S/C20H22N6O2/c1-24-10-12-25(13-11-24)20(27)18-22-19(15-6-4-3-5-7-15)26(23-18)16-8-9-17(28-2)21-14-16/h3-9,14H,10-13H2,1-2H3. The number of carbonyl (C=O) groups excluding carboxylic acids is 1. The first-order chi connectivity index (χ1) is 13.7. The maximum absolute atomic E-state index is 13.0. The number of amides is 1. The molecule has 0 bridgehead atoms. The van der Waals surface area contributed by atoms with Gasteiger partial charge in [0.2, 0.25) is 11.7 Å². The van der Waals surface area contributed by atoms with Crippen molar-refractivity contribution in [3.05, 3.63) is 54.5 Å². The van der Waals surface area contributed by atoms with Crippen molar-refractivity contribution in [3.63, 3.8) is 0 Å². The topological polar surface area (TPSA) is 76.4 Å². The number of piperazine rings is 1. The Balaban J connectivity index is 1.72. The van der Waals surface area contributed by atoms with Gasteiger partial charge in [-0.3, -0.25) is 4.79 Å². The lowest BCUT2D eigenvalue weighted by Crippen LogP contribution is -2.47. The molecule has 4 rings (SSSR count). The molecule has 0 saturated carbocycles. The summed E-state index contributed by atoms with van der Waals surface area (Å²) in [5, 5.41) is 4.53. The lowest BCUT2D eigenvalue weighted by Gasteiger charge is -2.31. The summed E-state index contributed by atoms with van der Waals surface area (Å²) in [5.74, 6) is 1.16. The van der Waals surface area contributed by atoms with Crippen molar-refractivity contribution < 1.29 is 9.53 Å². The Morgan fingerprint density at radius 1 is 1.04 bits per heavy atom. The van der Waals surface area contributed by atoms with Crippen LogP contribution in [-0.4, -0.2) is 75.8 Å². The molecule has 0 unspecified atom stereocenters. The number of methoxy groups -OCH3 is 1. The van der Waals surface area contributed by atoms with Gasteiger partial charge in [-0.1, -0.05) is 30.3 Å². The van der Waals surface area contributed by atoms with Crippen LogP contribution in [0.2, 0.25) is 0 Å². The van der Waals surface area contributed by atoms with Crippen LogP contribution in [-0.2, 0) is 0 Å². The summed E-state index contributed by atoms with van der Waals surface area (Å²) >= 11 is 0. The molecule has 1 aromatic carbocycles. The van der Waals surface area contributed by atoms with Gasteiger partial charge in [-0.05, 0) is 13.1 Å². The third-order valence-electron chi connectivity index (χ3n) is 4.80. The number of hydrogen-bond acceptors (Lipinski definition) is 6. The molecular formula is C20H22N6O2. The summed E-state index contributed by atoms with van der Waals surface area (Å²) in [6.45, 7) is 3.05. The highest BCUT2D eigenvalue weighted by Gasteiger charge is 2.25. The smallest absolute Gasteiger partial charge is 0.293 e. The van der Waals surface area contributed by atoms with E-state index in [2.05, 4.69) is 27.0 Å². The van der Waals surface area contributed by atoms with Crippen LogP contribution in [0.3, 0.4) is 0 Å². The van der Waals surface area contributed by atoms with Crippen molar-refractivity contribution in [1.82, 2.24) is 29.5 Å². The Kier molecular flexibility index (Phi) is 5.03. The van der Waals surface area contributed by atoms with E-state index in [4.69, 9.17) is 4.74 Å². The average Bonchev–Trinajstić information content (AvgIpc) is 3.20. The summed E-state index contributed by atoms with van der Waals surface area (Å²) in [4.78, 5) is 25.8. The Morgan fingerprint density at radius 3 is 2.43 bits per heavy atom. The predicted octanol–water partition coefficient (Wildman–Crippen LogP) is 1.73. The van der Waals surface area contributed by atoms with Crippen LogP contribution in [0.4, 0.5) is 0 Å². The summed E-state index contributed by atoms with van der Waals surface area (Å²) in [6.07, 6.45) is 1.66. The molecule has 2 aromatic heterocycles. The number of carbonyl (C=O) groups is 1. The van der Waals surface area contributed by atoms with E-state index in [0.29, 0.717) is 30.5 Å². The molecule has 1 amide bonds. The second kappa shape index (κ2) is 7.77. The number of nitrogens with zero attached hydrogens (tertiary/aromatic N) is 6. The number of likely N-dealkylation sites (N-methyl/N-ethyl adjacent to an activating group) is 1. The van der Waals surface area contributed by atoms with E-state index in [9.17, 15) is 4.79 Å². The van der Waals surface area contributed by atoms with Crippen molar-refractivity contribution in [3.8, 4) is 23.0 Å². The van der Waals surface area contributed by atoms with Crippen LogP contribution in [0, 0.1) is 0 Å². The molecule has 8 heteroatoms. The number of hydrogen-bond donors (Lipinski definition) is 0. The van der Waals surface area contributed by atoms with E-state index in [1.807, 2.05) is 36.4 Å². The molecule has 28 heavy (non-hydrogen) atoms. The molecule has 3 aromatic rings. The highest BCUT2D eigenvalue weighted by atomic mass is 16.5. The zero-order valence-corrected chi connectivity index (χ0v) is 15.9. The molecular weight excluding hydrogens is 356 g/mol. The SMILES string of the molecule is COc1ccc(-n2nc(C(=O)N3CCN(C)CC3)nc2-c2ccccc2)cn1. The Hall–Kier alpha value is -3.26. The number of rotatable bonds is 4. The molecule has 0 spiro atoms. The van der Waals surface area contributed by atoms with Crippen molar-refractivity contribution in [2.75, 3.05) is 40.3 Å². The maximum atomic E-state index is 13.0. The van der Waals surface area contributed by atoms with E-state index >= 15 is 0 Å². The molecule has 0 N–H and O–H groups in total. The minimum Gasteiger partial charge on any atom is -0.481 e. The first-order valence-corrected chi connectivity index (χ1v) is 9.16. The molecule has 0 aliphatic carbocycles. The van der Waals surface area contributed by atoms with Gasteiger partial charge in [0.15, 0.2) is 5.82 Å². The summed E-state index contributed by atoms with van der Waals surface area (Å²) < 4.78 is 6.79. The summed E-state index contributed by atoms with van der Waals surface area (Å²) in [6, 6.07) is 13.3. The second-order valence-electron chi connectivity index (χ2n) is 6.69. The highest BCUT2D eigenvalue weighted by molar-refractivity contribution is 5.91. The van der Waals surface area contributed by atoms with Crippen LogP contribution in [0.15, 0.2) is 48.7 Å². The molecule has 8 nitrogen and oxygen atoms in total. The Labute approximate surface area is 163 Å². The molecule has 1 aliphatic heterocycles. The third-order valence-corrected chi connectivity index (χ3v) is 4.80. The molecule has 3 heterocycles. The minimum absolute atomic E-state index is 0.148. The molecule has 0 atom stereocenters. The van der Waals surface area contributed by atoms with E-state index in [-0.39, 0.29) is 11.7 Å². The van der Waals surface area contributed by atoms with Crippen LogP contribution < -0.4 is 4.74 Å². The lowest BCUT2D eigenvalue weighted by molar-refractivity contribution is 0.0652. The molecule has 1 aliphatic rings. The van der Waals surface area contributed by atoms with Crippen molar-refractivity contribution in [2.24, 2.45) is 0 Å². The van der Waals surface area contributed by atoms with E-state index < -0.39 is 0 Å². The van der Waals surface area contributed by atoms with E-state index in [1.165, 1.54) is 0 Å². The van der Waals surface area contributed by atoms with Gasteiger partial charge in [-0.15, -0.1) is 5.10 Å². The van der Waals surface area contributed by atoms with Crippen LogP contribution in [0.1, 0.15) is 10.6 Å². The summed E-state index contributed by atoms with van der Waals surface area (Å²) in [5.41, 5.74) is 1.59. The van der Waals surface area contributed by atoms with Crippen molar-refractivity contribution >= 4 is 5.91 Å². The first-order valence-electron chi connectivity index (χ1n) is 9.16.